The molecule has 1 aromatic rings. The topological polar surface area (TPSA) is 68.0 Å². The maximum absolute atomic E-state index is 10.4. The van der Waals surface area contributed by atoms with E-state index < -0.39 is 0 Å². The molecule has 0 aliphatic heterocycles. The summed E-state index contributed by atoms with van der Waals surface area (Å²) in [6.45, 7) is 0.485. The van der Waals surface area contributed by atoms with Crippen LogP contribution in [-0.2, 0) is 4.79 Å². The summed E-state index contributed by atoms with van der Waals surface area (Å²) in [5, 5.41) is 3.51. The van der Waals surface area contributed by atoms with Crippen LogP contribution in [-0.4, -0.2) is 17.4 Å². The van der Waals surface area contributed by atoms with Crippen LogP contribution in [0.4, 0.5) is 5.69 Å². The molecule has 0 saturated heterocycles. The zero-order valence-electron chi connectivity index (χ0n) is 6.96. The SMILES string of the molecule is NC(=O)CCNc1ccncc1Cl. The van der Waals surface area contributed by atoms with Crippen molar-refractivity contribution in [3.63, 3.8) is 0 Å². The lowest BCUT2D eigenvalue weighted by molar-refractivity contribution is -0.117. The van der Waals surface area contributed by atoms with Gasteiger partial charge in [-0.15, -0.1) is 0 Å². The van der Waals surface area contributed by atoms with Crippen molar-refractivity contribution in [1.29, 1.82) is 0 Å². The summed E-state index contributed by atoms with van der Waals surface area (Å²) in [7, 11) is 0. The Bertz CT molecular complexity index is 303. The van der Waals surface area contributed by atoms with Crippen LogP contribution in [0.15, 0.2) is 18.5 Å². The maximum Gasteiger partial charge on any atom is 0.219 e. The summed E-state index contributed by atoms with van der Waals surface area (Å²) < 4.78 is 0. The highest BCUT2D eigenvalue weighted by molar-refractivity contribution is 6.33. The third-order valence-electron chi connectivity index (χ3n) is 1.46. The highest BCUT2D eigenvalue weighted by Crippen LogP contribution is 2.18. The normalized spacial score (nSPS) is 9.62. The smallest absolute Gasteiger partial charge is 0.219 e. The third-order valence-corrected chi connectivity index (χ3v) is 1.76. The fourth-order valence-electron chi connectivity index (χ4n) is 0.839. The summed E-state index contributed by atoms with van der Waals surface area (Å²) in [5.74, 6) is -0.335. The quantitative estimate of drug-likeness (QED) is 0.761. The lowest BCUT2D eigenvalue weighted by Crippen LogP contribution is -2.15. The molecule has 0 unspecified atom stereocenters. The zero-order chi connectivity index (χ0) is 9.68. The van der Waals surface area contributed by atoms with Crippen LogP contribution in [0.5, 0.6) is 0 Å². The van der Waals surface area contributed by atoms with Gasteiger partial charge in [0.25, 0.3) is 0 Å². The Morgan fingerprint density at radius 3 is 3.08 bits per heavy atom. The maximum atomic E-state index is 10.4. The number of carbonyl (C=O) groups is 1. The molecule has 1 aromatic heterocycles. The molecule has 5 heteroatoms. The summed E-state index contributed by atoms with van der Waals surface area (Å²) in [6, 6.07) is 1.74. The monoisotopic (exact) mass is 199 g/mol. The fourth-order valence-corrected chi connectivity index (χ4v) is 1.03. The molecule has 3 N–H and O–H groups in total. The molecule has 0 radical (unpaired) electrons. The van der Waals surface area contributed by atoms with Gasteiger partial charge in [0.05, 0.1) is 10.7 Å². The second-order valence-corrected chi connectivity index (χ2v) is 2.91. The van der Waals surface area contributed by atoms with Crippen LogP contribution < -0.4 is 11.1 Å². The van der Waals surface area contributed by atoms with Gasteiger partial charge in [-0.2, -0.15) is 0 Å². The van der Waals surface area contributed by atoms with E-state index in [0.29, 0.717) is 18.0 Å². The molecule has 0 aliphatic carbocycles. The number of primary amides is 1. The average Bonchev–Trinajstić information content (AvgIpc) is 2.08. The first kappa shape index (κ1) is 9.80. The van der Waals surface area contributed by atoms with E-state index in [1.165, 1.54) is 6.20 Å². The number of hydrogen-bond acceptors (Lipinski definition) is 3. The van der Waals surface area contributed by atoms with E-state index in [1.54, 1.807) is 12.3 Å². The number of pyridine rings is 1. The molecule has 70 valence electrons. The van der Waals surface area contributed by atoms with E-state index in [1.807, 2.05) is 0 Å². The Morgan fingerprint density at radius 2 is 2.46 bits per heavy atom. The number of anilines is 1. The predicted octanol–water partition coefficient (Wildman–Crippen LogP) is 1.02. The molecule has 1 heterocycles. The Morgan fingerprint density at radius 1 is 1.69 bits per heavy atom. The first-order chi connectivity index (χ1) is 6.20. The molecule has 0 bridgehead atoms. The van der Waals surface area contributed by atoms with Gasteiger partial charge in [0.1, 0.15) is 0 Å². The number of rotatable bonds is 4. The van der Waals surface area contributed by atoms with Crippen molar-refractivity contribution < 1.29 is 4.79 Å². The van der Waals surface area contributed by atoms with Crippen molar-refractivity contribution in [2.45, 2.75) is 6.42 Å². The minimum absolute atomic E-state index is 0.290. The third kappa shape index (κ3) is 3.29. The van der Waals surface area contributed by atoms with Crippen molar-refractivity contribution in [2.75, 3.05) is 11.9 Å². The largest absolute Gasteiger partial charge is 0.383 e. The second-order valence-electron chi connectivity index (χ2n) is 2.50. The highest BCUT2D eigenvalue weighted by Gasteiger charge is 1.98. The Hall–Kier alpha value is -1.29. The first-order valence-corrected chi connectivity index (χ1v) is 4.19. The summed E-state index contributed by atoms with van der Waals surface area (Å²) in [4.78, 5) is 14.2. The van der Waals surface area contributed by atoms with Gasteiger partial charge < -0.3 is 11.1 Å². The molecule has 0 aromatic carbocycles. The van der Waals surface area contributed by atoms with Gasteiger partial charge in [0.2, 0.25) is 5.91 Å². The van der Waals surface area contributed by atoms with Crippen LogP contribution in [0, 0.1) is 0 Å². The molecule has 1 rings (SSSR count). The summed E-state index contributed by atoms with van der Waals surface area (Å²) >= 11 is 5.80. The van der Waals surface area contributed by atoms with Crippen molar-refractivity contribution in [3.8, 4) is 0 Å². The van der Waals surface area contributed by atoms with E-state index in [9.17, 15) is 4.79 Å². The van der Waals surface area contributed by atoms with Gasteiger partial charge in [-0.05, 0) is 6.07 Å². The number of carbonyl (C=O) groups excluding carboxylic acids is 1. The van der Waals surface area contributed by atoms with Gasteiger partial charge in [-0.1, -0.05) is 11.6 Å². The molecule has 0 atom stereocenters. The van der Waals surface area contributed by atoms with E-state index in [0.717, 1.165) is 5.69 Å². The second kappa shape index (κ2) is 4.67. The first-order valence-electron chi connectivity index (χ1n) is 3.82. The summed E-state index contributed by atoms with van der Waals surface area (Å²) in [5.41, 5.74) is 5.73. The van der Waals surface area contributed by atoms with Crippen LogP contribution in [0.1, 0.15) is 6.42 Å². The Labute approximate surface area is 81.1 Å². The minimum atomic E-state index is -0.335. The minimum Gasteiger partial charge on any atom is -0.383 e. The average molecular weight is 200 g/mol. The van der Waals surface area contributed by atoms with Gasteiger partial charge >= 0.3 is 0 Å². The van der Waals surface area contributed by atoms with E-state index in [-0.39, 0.29) is 5.91 Å². The molecular weight excluding hydrogens is 190 g/mol. The summed E-state index contributed by atoms with van der Waals surface area (Å²) in [6.07, 6.45) is 3.45. The number of nitrogens with zero attached hydrogens (tertiary/aromatic N) is 1. The lowest BCUT2D eigenvalue weighted by Gasteiger charge is -2.05. The molecular formula is C8H10ClN3O. The van der Waals surface area contributed by atoms with Crippen molar-refractivity contribution in [2.24, 2.45) is 5.73 Å². The van der Waals surface area contributed by atoms with Crippen LogP contribution in [0.3, 0.4) is 0 Å². The van der Waals surface area contributed by atoms with Crippen LogP contribution in [0.25, 0.3) is 0 Å². The van der Waals surface area contributed by atoms with Gasteiger partial charge in [-0.3, -0.25) is 9.78 Å². The highest BCUT2D eigenvalue weighted by atomic mass is 35.5. The Kier molecular flexibility index (Phi) is 3.52. The molecule has 0 aliphatic rings. The van der Waals surface area contributed by atoms with Crippen molar-refractivity contribution in [3.05, 3.63) is 23.5 Å². The number of amides is 1. The van der Waals surface area contributed by atoms with Crippen molar-refractivity contribution in [1.82, 2.24) is 4.98 Å². The lowest BCUT2D eigenvalue weighted by atomic mass is 10.3. The zero-order valence-corrected chi connectivity index (χ0v) is 7.71. The predicted molar refractivity (Wildman–Crippen MR) is 51.5 cm³/mol. The molecule has 4 nitrogen and oxygen atoms in total. The van der Waals surface area contributed by atoms with E-state index >= 15 is 0 Å². The van der Waals surface area contributed by atoms with Crippen molar-refractivity contribution >= 4 is 23.2 Å². The van der Waals surface area contributed by atoms with E-state index in [2.05, 4.69) is 10.3 Å². The fraction of sp³-hybridized carbons (Fsp3) is 0.250. The number of aromatic nitrogens is 1. The van der Waals surface area contributed by atoms with Crippen LogP contribution in [0.2, 0.25) is 5.02 Å². The van der Waals surface area contributed by atoms with Gasteiger partial charge in [-0.25, -0.2) is 0 Å². The number of halogens is 1. The number of hydrogen-bond donors (Lipinski definition) is 2. The standard InChI is InChI=1S/C8H10ClN3O/c9-6-5-11-3-1-7(6)12-4-2-8(10)13/h1,3,5H,2,4H2,(H2,10,13)(H,11,12). The number of nitrogens with two attached hydrogens (primary N) is 1. The van der Waals surface area contributed by atoms with Gasteiger partial charge in [0, 0.05) is 25.4 Å². The molecule has 0 fully saturated rings. The molecule has 13 heavy (non-hydrogen) atoms. The van der Waals surface area contributed by atoms with Gasteiger partial charge in [0.15, 0.2) is 0 Å². The molecule has 1 amide bonds. The molecule has 0 spiro atoms. The molecule has 0 saturated carbocycles. The van der Waals surface area contributed by atoms with Crippen LogP contribution >= 0.6 is 11.6 Å². The Balaban J connectivity index is 2.45. The number of nitrogens with one attached hydrogen (secondary N) is 1. The van der Waals surface area contributed by atoms with E-state index in [4.69, 9.17) is 17.3 Å².